The molecule has 0 radical (unpaired) electrons. The van der Waals surface area contributed by atoms with Gasteiger partial charge < -0.3 is 4.74 Å². The maximum Gasteiger partial charge on any atom is 0.426 e. The van der Waals surface area contributed by atoms with Crippen LogP contribution >= 0.6 is 0 Å². The van der Waals surface area contributed by atoms with E-state index in [4.69, 9.17) is 0 Å². The van der Waals surface area contributed by atoms with Crippen molar-refractivity contribution < 1.29 is 26.7 Å². The summed E-state index contributed by atoms with van der Waals surface area (Å²) in [5.74, 6) is -5.77. The Morgan fingerprint density at radius 3 is 1.76 bits per heavy atom. The van der Waals surface area contributed by atoms with Gasteiger partial charge in [-0.2, -0.15) is 8.78 Å². The molecule has 3 aromatic rings. The first-order valence-electron chi connectivity index (χ1n) is 7.24. The molecule has 0 aliphatic heterocycles. The number of alkyl halides is 2. The van der Waals surface area contributed by atoms with Crippen LogP contribution in [0.15, 0.2) is 66.7 Å². The lowest BCUT2D eigenvalue weighted by atomic mass is 10.0. The van der Waals surface area contributed by atoms with Gasteiger partial charge in [0, 0.05) is 12.1 Å². The van der Waals surface area contributed by atoms with Crippen molar-refractivity contribution in [3.8, 4) is 16.9 Å². The zero-order valence-electron chi connectivity index (χ0n) is 12.6. The van der Waals surface area contributed by atoms with E-state index in [-0.39, 0.29) is 0 Å². The first-order valence-corrected chi connectivity index (χ1v) is 7.24. The number of benzene rings is 3. The third-order valence-electron chi connectivity index (χ3n) is 3.53. The van der Waals surface area contributed by atoms with Crippen molar-refractivity contribution in [1.29, 1.82) is 0 Å². The fraction of sp³-hybridized carbons (Fsp3) is 0.0526. The number of hydrogen-bond donors (Lipinski definition) is 0. The Morgan fingerprint density at radius 2 is 1.20 bits per heavy atom. The lowest BCUT2D eigenvalue weighted by Crippen LogP contribution is -2.22. The van der Waals surface area contributed by atoms with Gasteiger partial charge in [0.25, 0.3) is 0 Å². The van der Waals surface area contributed by atoms with Crippen LogP contribution in [0.2, 0.25) is 0 Å². The minimum Gasteiger partial charge on any atom is -0.429 e. The first kappa shape index (κ1) is 17.0. The smallest absolute Gasteiger partial charge is 0.426 e. The Hall–Kier alpha value is -2.89. The number of halogens is 5. The van der Waals surface area contributed by atoms with Crippen LogP contribution < -0.4 is 4.74 Å². The topological polar surface area (TPSA) is 9.23 Å². The molecule has 0 aliphatic rings. The second-order valence-electron chi connectivity index (χ2n) is 5.26. The average molecular weight is 350 g/mol. The summed E-state index contributed by atoms with van der Waals surface area (Å²) in [6.45, 7) is 0. The molecule has 0 bridgehead atoms. The van der Waals surface area contributed by atoms with E-state index in [0.717, 1.165) is 23.3 Å². The minimum atomic E-state index is -3.84. The summed E-state index contributed by atoms with van der Waals surface area (Å²) >= 11 is 0. The zero-order chi connectivity index (χ0) is 18.0. The molecular formula is C19H11F5O. The molecule has 0 aromatic heterocycles. The van der Waals surface area contributed by atoms with E-state index in [2.05, 4.69) is 4.74 Å². The lowest BCUT2D eigenvalue weighted by Gasteiger charge is -2.19. The Morgan fingerprint density at radius 1 is 0.680 bits per heavy atom. The standard InChI is InChI=1S/C19H11F5O/c20-16-10-15(11-17(21)18(16)22)25-19(23,24)14-8-6-13(7-9-14)12-4-2-1-3-5-12/h1-11H. The van der Waals surface area contributed by atoms with Gasteiger partial charge in [0.1, 0.15) is 5.75 Å². The normalized spacial score (nSPS) is 11.4. The van der Waals surface area contributed by atoms with Gasteiger partial charge in [0.2, 0.25) is 0 Å². The minimum absolute atomic E-state index is 0.366. The largest absolute Gasteiger partial charge is 0.429 e. The van der Waals surface area contributed by atoms with Gasteiger partial charge in [-0.3, -0.25) is 0 Å². The molecule has 0 spiro atoms. The molecule has 0 aliphatic carbocycles. The van der Waals surface area contributed by atoms with Gasteiger partial charge in [-0.25, -0.2) is 13.2 Å². The van der Waals surface area contributed by atoms with Gasteiger partial charge in [-0.1, -0.05) is 42.5 Å². The Bertz CT molecular complexity index is 853. The fourth-order valence-corrected chi connectivity index (χ4v) is 2.29. The average Bonchev–Trinajstić information content (AvgIpc) is 2.60. The molecule has 25 heavy (non-hydrogen) atoms. The van der Waals surface area contributed by atoms with E-state index in [1.807, 2.05) is 30.3 Å². The fourth-order valence-electron chi connectivity index (χ4n) is 2.29. The molecule has 0 fully saturated rings. The maximum absolute atomic E-state index is 14.2. The molecule has 1 nitrogen and oxygen atoms in total. The molecule has 0 saturated heterocycles. The number of rotatable bonds is 4. The van der Waals surface area contributed by atoms with E-state index < -0.39 is 34.9 Å². The summed E-state index contributed by atoms with van der Waals surface area (Å²) in [7, 11) is 0. The van der Waals surface area contributed by atoms with E-state index in [1.54, 1.807) is 0 Å². The second-order valence-corrected chi connectivity index (χ2v) is 5.26. The molecule has 0 N–H and O–H groups in total. The molecule has 3 rings (SSSR count). The summed E-state index contributed by atoms with van der Waals surface area (Å²) in [4.78, 5) is 0. The van der Waals surface area contributed by atoms with Crippen molar-refractivity contribution >= 4 is 0 Å². The van der Waals surface area contributed by atoms with Crippen LogP contribution in [-0.2, 0) is 6.11 Å². The molecule has 3 aromatic carbocycles. The van der Waals surface area contributed by atoms with E-state index in [9.17, 15) is 22.0 Å². The van der Waals surface area contributed by atoms with Crippen molar-refractivity contribution in [1.82, 2.24) is 0 Å². The molecule has 0 saturated carbocycles. The highest BCUT2D eigenvalue weighted by molar-refractivity contribution is 5.63. The van der Waals surface area contributed by atoms with E-state index in [0.29, 0.717) is 12.1 Å². The molecule has 6 heteroatoms. The van der Waals surface area contributed by atoms with E-state index in [1.165, 1.54) is 12.1 Å². The molecule has 0 unspecified atom stereocenters. The van der Waals surface area contributed by atoms with Crippen LogP contribution in [0.5, 0.6) is 5.75 Å². The predicted molar refractivity (Wildman–Crippen MR) is 82.7 cm³/mol. The van der Waals surface area contributed by atoms with Crippen LogP contribution in [0.4, 0.5) is 22.0 Å². The van der Waals surface area contributed by atoms with Crippen LogP contribution in [0.1, 0.15) is 5.56 Å². The summed E-state index contributed by atoms with van der Waals surface area (Å²) in [5, 5.41) is 0. The van der Waals surface area contributed by atoms with Crippen molar-refractivity contribution in [2.45, 2.75) is 6.11 Å². The van der Waals surface area contributed by atoms with Gasteiger partial charge >= 0.3 is 6.11 Å². The summed E-state index contributed by atoms with van der Waals surface area (Å²) in [5.41, 5.74) is 1.07. The molecule has 0 amide bonds. The van der Waals surface area contributed by atoms with Gasteiger partial charge in [-0.05, 0) is 23.3 Å². The quantitative estimate of drug-likeness (QED) is 0.420. The number of hydrogen-bond acceptors (Lipinski definition) is 1. The van der Waals surface area contributed by atoms with Crippen LogP contribution in [-0.4, -0.2) is 0 Å². The van der Waals surface area contributed by atoms with Crippen molar-refractivity contribution in [3.63, 3.8) is 0 Å². The summed E-state index contributed by atoms with van der Waals surface area (Å²) in [6.07, 6.45) is -3.84. The van der Waals surface area contributed by atoms with Crippen molar-refractivity contribution in [2.24, 2.45) is 0 Å². The van der Waals surface area contributed by atoms with Crippen LogP contribution in [0.3, 0.4) is 0 Å². The Labute approximate surface area is 140 Å². The molecular weight excluding hydrogens is 339 g/mol. The second kappa shape index (κ2) is 6.55. The highest BCUT2D eigenvalue weighted by atomic mass is 19.3. The van der Waals surface area contributed by atoms with Crippen molar-refractivity contribution in [2.75, 3.05) is 0 Å². The summed E-state index contributed by atoms with van der Waals surface area (Å²) < 4.78 is 71.8. The highest BCUT2D eigenvalue weighted by Gasteiger charge is 2.35. The molecule has 0 heterocycles. The van der Waals surface area contributed by atoms with Crippen LogP contribution in [0, 0.1) is 17.5 Å². The SMILES string of the molecule is Fc1cc(OC(F)(F)c2ccc(-c3ccccc3)cc2)cc(F)c1F. The van der Waals surface area contributed by atoms with Crippen LogP contribution in [0.25, 0.3) is 11.1 Å². The maximum atomic E-state index is 14.2. The van der Waals surface area contributed by atoms with E-state index >= 15 is 0 Å². The Kier molecular flexibility index (Phi) is 4.44. The lowest BCUT2D eigenvalue weighted by molar-refractivity contribution is -0.185. The highest BCUT2D eigenvalue weighted by Crippen LogP contribution is 2.33. The third-order valence-corrected chi connectivity index (χ3v) is 3.53. The van der Waals surface area contributed by atoms with Gasteiger partial charge in [-0.15, -0.1) is 0 Å². The third kappa shape index (κ3) is 3.63. The van der Waals surface area contributed by atoms with Crippen molar-refractivity contribution in [3.05, 3.63) is 89.7 Å². The zero-order valence-corrected chi connectivity index (χ0v) is 12.6. The number of ether oxygens (including phenoxy) is 1. The monoisotopic (exact) mass is 350 g/mol. The van der Waals surface area contributed by atoms with Gasteiger partial charge in [0.15, 0.2) is 17.5 Å². The summed E-state index contributed by atoms with van der Waals surface area (Å²) in [6, 6.07) is 15.1. The molecule has 128 valence electrons. The first-order chi connectivity index (χ1) is 11.9. The Balaban J connectivity index is 1.85. The predicted octanol–water partition coefficient (Wildman–Crippen LogP) is 5.90. The molecule has 0 atom stereocenters. The van der Waals surface area contributed by atoms with Gasteiger partial charge in [0.05, 0.1) is 5.56 Å².